The molecule has 0 unspecified atom stereocenters. The zero-order chi connectivity index (χ0) is 24.7. The van der Waals surface area contributed by atoms with Crippen LogP contribution in [0, 0.1) is 0 Å². The first-order chi connectivity index (χ1) is 16.4. The molecule has 0 saturated carbocycles. The van der Waals surface area contributed by atoms with Crippen LogP contribution in [0.3, 0.4) is 0 Å². The Labute approximate surface area is 199 Å². The second-order valence-electron chi connectivity index (χ2n) is 8.44. The summed E-state index contributed by atoms with van der Waals surface area (Å²) in [7, 11) is 1.44. The van der Waals surface area contributed by atoms with Crippen molar-refractivity contribution in [3.8, 4) is 23.0 Å². The van der Waals surface area contributed by atoms with Gasteiger partial charge in [-0.1, -0.05) is 63.8 Å². The zero-order valence-corrected chi connectivity index (χ0v) is 20.2. The molecule has 1 heterocycles. The van der Waals surface area contributed by atoms with Crippen LogP contribution in [-0.2, 0) is 12.8 Å². The van der Waals surface area contributed by atoms with Crippen molar-refractivity contribution in [2.75, 3.05) is 7.11 Å². The van der Waals surface area contributed by atoms with E-state index in [1.165, 1.54) is 19.2 Å². The molecule has 6 nitrogen and oxygen atoms in total. The quantitative estimate of drug-likeness (QED) is 0.166. The Morgan fingerprint density at radius 1 is 0.824 bits per heavy atom. The fraction of sp³-hybridized carbons (Fsp3) is 0.393. The van der Waals surface area contributed by atoms with Gasteiger partial charge in [-0.3, -0.25) is 4.79 Å². The second-order valence-corrected chi connectivity index (χ2v) is 8.44. The van der Waals surface area contributed by atoms with E-state index >= 15 is 0 Å². The highest BCUT2D eigenvalue weighted by atomic mass is 16.5. The van der Waals surface area contributed by atoms with Gasteiger partial charge >= 0.3 is 0 Å². The summed E-state index contributed by atoms with van der Waals surface area (Å²) in [5.74, 6) is -0.375. The Hall–Kier alpha value is -3.41. The number of methoxy groups -OCH3 is 1. The van der Waals surface area contributed by atoms with Crippen molar-refractivity contribution in [3.05, 3.63) is 57.8 Å². The van der Waals surface area contributed by atoms with E-state index in [4.69, 9.17) is 9.15 Å². The molecule has 3 N–H and O–H groups in total. The summed E-state index contributed by atoms with van der Waals surface area (Å²) in [5.41, 5.74) is 0.562. The first-order valence-corrected chi connectivity index (χ1v) is 12.0. The van der Waals surface area contributed by atoms with Crippen LogP contribution in [0.15, 0.2) is 45.6 Å². The number of ether oxygens (including phenoxy) is 1. The van der Waals surface area contributed by atoms with Crippen molar-refractivity contribution in [3.63, 3.8) is 0 Å². The number of phenols is 3. The average molecular weight is 467 g/mol. The Kier molecular flexibility index (Phi) is 8.63. The van der Waals surface area contributed by atoms with Gasteiger partial charge in [-0.15, -0.1) is 0 Å². The molecular formula is C28H34O6. The van der Waals surface area contributed by atoms with E-state index < -0.39 is 5.43 Å². The Balaban J connectivity index is 2.19. The van der Waals surface area contributed by atoms with E-state index in [2.05, 4.69) is 13.8 Å². The number of rotatable bonds is 11. The van der Waals surface area contributed by atoms with Crippen LogP contribution in [0.25, 0.3) is 21.9 Å². The van der Waals surface area contributed by atoms with Gasteiger partial charge < -0.3 is 24.5 Å². The Morgan fingerprint density at radius 2 is 1.38 bits per heavy atom. The molecule has 0 fully saturated rings. The molecule has 0 bridgehead atoms. The molecule has 0 amide bonds. The minimum absolute atomic E-state index is 0.00575. The largest absolute Gasteiger partial charge is 0.507 e. The average Bonchev–Trinajstić information content (AvgIpc) is 2.80. The number of unbranched alkanes of at least 4 members (excludes halogenated alkanes) is 4. The van der Waals surface area contributed by atoms with Crippen molar-refractivity contribution in [1.82, 2.24) is 0 Å². The van der Waals surface area contributed by atoms with Crippen molar-refractivity contribution in [1.29, 1.82) is 0 Å². The third-order valence-corrected chi connectivity index (χ3v) is 5.97. The number of hydrogen-bond donors (Lipinski definition) is 3. The maximum atomic E-state index is 13.6. The minimum atomic E-state index is -0.430. The molecular weight excluding hydrogens is 432 g/mol. The summed E-state index contributed by atoms with van der Waals surface area (Å²) in [6.07, 6.45) is 14.7. The van der Waals surface area contributed by atoms with Crippen LogP contribution in [0.1, 0.15) is 63.5 Å². The molecule has 0 radical (unpaired) electrons. The number of benzene rings is 2. The van der Waals surface area contributed by atoms with E-state index in [1.807, 2.05) is 24.3 Å². The Bertz CT molecular complexity index is 1270. The van der Waals surface area contributed by atoms with Crippen LogP contribution in [0.4, 0.5) is 0 Å². The molecule has 0 aliphatic heterocycles. The van der Waals surface area contributed by atoms with Gasteiger partial charge in [0.1, 0.15) is 28.1 Å². The van der Waals surface area contributed by atoms with Crippen LogP contribution < -0.4 is 10.2 Å². The first-order valence-electron chi connectivity index (χ1n) is 12.0. The molecule has 1 aromatic heterocycles. The van der Waals surface area contributed by atoms with Crippen LogP contribution >= 0.6 is 0 Å². The molecule has 34 heavy (non-hydrogen) atoms. The predicted molar refractivity (Wildman–Crippen MR) is 136 cm³/mol. The summed E-state index contributed by atoms with van der Waals surface area (Å²) >= 11 is 0. The van der Waals surface area contributed by atoms with Gasteiger partial charge in [-0.2, -0.15) is 0 Å². The summed E-state index contributed by atoms with van der Waals surface area (Å²) in [6.45, 7) is 4.23. The fourth-order valence-electron chi connectivity index (χ4n) is 4.13. The minimum Gasteiger partial charge on any atom is -0.507 e. The fourth-order valence-corrected chi connectivity index (χ4v) is 4.13. The number of fused-ring (bicyclic) bond motifs is 2. The van der Waals surface area contributed by atoms with Crippen molar-refractivity contribution < 1.29 is 24.5 Å². The highest BCUT2D eigenvalue weighted by Gasteiger charge is 2.22. The molecule has 0 aliphatic rings. The van der Waals surface area contributed by atoms with Gasteiger partial charge in [0, 0.05) is 23.3 Å². The molecule has 6 heteroatoms. The maximum Gasteiger partial charge on any atom is 0.204 e. The lowest BCUT2D eigenvalue weighted by Gasteiger charge is -2.14. The van der Waals surface area contributed by atoms with E-state index in [-0.39, 0.29) is 50.5 Å². The van der Waals surface area contributed by atoms with E-state index in [0.29, 0.717) is 18.4 Å². The third kappa shape index (κ3) is 5.22. The molecule has 0 aliphatic carbocycles. The molecule has 182 valence electrons. The van der Waals surface area contributed by atoms with E-state index in [9.17, 15) is 20.1 Å². The number of hydrogen-bond acceptors (Lipinski definition) is 6. The maximum absolute atomic E-state index is 13.6. The third-order valence-electron chi connectivity index (χ3n) is 5.97. The van der Waals surface area contributed by atoms with Crippen LogP contribution in [0.5, 0.6) is 23.0 Å². The normalized spacial score (nSPS) is 12.0. The van der Waals surface area contributed by atoms with Gasteiger partial charge in [0.05, 0.1) is 12.5 Å². The van der Waals surface area contributed by atoms with Crippen molar-refractivity contribution in [2.45, 2.75) is 65.2 Å². The van der Waals surface area contributed by atoms with Crippen molar-refractivity contribution >= 4 is 21.9 Å². The van der Waals surface area contributed by atoms with E-state index in [1.54, 1.807) is 0 Å². The van der Waals surface area contributed by atoms with Gasteiger partial charge in [0.25, 0.3) is 0 Å². The molecule has 3 aromatic rings. The monoisotopic (exact) mass is 466 g/mol. The topological polar surface area (TPSA) is 100 Å². The summed E-state index contributed by atoms with van der Waals surface area (Å²) in [6, 6.07) is 2.68. The highest BCUT2D eigenvalue weighted by Crippen LogP contribution is 2.40. The lowest BCUT2D eigenvalue weighted by Crippen LogP contribution is -2.08. The zero-order valence-electron chi connectivity index (χ0n) is 20.2. The van der Waals surface area contributed by atoms with Gasteiger partial charge in [0.15, 0.2) is 11.5 Å². The van der Waals surface area contributed by atoms with Gasteiger partial charge in [-0.05, 0) is 25.7 Å². The first kappa shape index (κ1) is 25.2. The van der Waals surface area contributed by atoms with Gasteiger partial charge in [-0.25, -0.2) is 0 Å². The highest BCUT2D eigenvalue weighted by molar-refractivity contribution is 5.97. The molecule has 2 aromatic carbocycles. The lowest BCUT2D eigenvalue weighted by molar-refractivity contribution is 0.370. The van der Waals surface area contributed by atoms with E-state index in [0.717, 1.165) is 38.5 Å². The standard InChI is InChI=1S/C28H34O6/c1-4-6-8-10-12-14-18-20(29)16-23-25(26(18)31)27(32)24-19(15-13-11-9-7-5-2)28(33-3)21(30)17-22(24)34-23/h10-13,16-17,29-31H,4-9,14-15H2,1-3H3/b12-10+,13-11+. The molecule has 0 saturated heterocycles. The number of aromatic hydroxyl groups is 3. The Morgan fingerprint density at radius 3 is 1.97 bits per heavy atom. The molecule has 3 rings (SSSR count). The second kappa shape index (κ2) is 11.6. The SMILES string of the molecule is CCCC/C=C/Cc1c(O)cc2oc3cc(O)c(OC)c(C/C=C/CCCC)c3c(=O)c2c1O. The lowest BCUT2D eigenvalue weighted by atomic mass is 9.99. The smallest absolute Gasteiger partial charge is 0.204 e. The summed E-state index contributed by atoms with van der Waals surface area (Å²) < 4.78 is 11.3. The number of phenolic OH excluding ortho intramolecular Hbond substituents is 3. The molecule has 0 spiro atoms. The van der Waals surface area contributed by atoms with Crippen molar-refractivity contribution in [2.24, 2.45) is 0 Å². The number of allylic oxidation sites excluding steroid dienone is 4. The summed E-state index contributed by atoms with van der Waals surface area (Å²) in [5, 5.41) is 32.2. The van der Waals surface area contributed by atoms with Crippen LogP contribution in [-0.4, -0.2) is 22.4 Å². The molecule has 0 atom stereocenters. The summed E-state index contributed by atoms with van der Waals surface area (Å²) in [4.78, 5) is 13.6. The van der Waals surface area contributed by atoms with Crippen LogP contribution in [0.2, 0.25) is 0 Å². The predicted octanol–water partition coefficient (Wildman–Crippen LogP) is 6.65. The van der Waals surface area contributed by atoms with Gasteiger partial charge in [0.2, 0.25) is 5.43 Å².